The number of primary amides is 1. The Kier molecular flexibility index (Phi) is 5.31. The molecule has 1 fully saturated rings. The summed E-state index contributed by atoms with van der Waals surface area (Å²) in [6.45, 7) is 0.568. The minimum Gasteiger partial charge on any atom is -0.382 e. The summed E-state index contributed by atoms with van der Waals surface area (Å²) in [4.78, 5) is 10.6. The zero-order valence-corrected chi connectivity index (χ0v) is 10.4. The minimum atomic E-state index is -3.62. The van der Waals surface area contributed by atoms with Crippen LogP contribution in [0.5, 0.6) is 0 Å². The van der Waals surface area contributed by atoms with Crippen LogP contribution in [0.3, 0.4) is 0 Å². The van der Waals surface area contributed by atoms with Crippen LogP contribution in [0.2, 0.25) is 0 Å². The van der Waals surface area contributed by atoms with Crippen molar-refractivity contribution in [1.29, 1.82) is 0 Å². The van der Waals surface area contributed by atoms with Crippen LogP contribution in [-0.4, -0.2) is 49.5 Å². The largest absolute Gasteiger partial charge is 0.382 e. The third-order valence-corrected chi connectivity index (χ3v) is 4.27. The van der Waals surface area contributed by atoms with Gasteiger partial charge in [0.2, 0.25) is 5.91 Å². The predicted molar refractivity (Wildman–Crippen MR) is 62.2 cm³/mol. The maximum absolute atomic E-state index is 11.8. The zero-order valence-electron chi connectivity index (χ0n) is 9.63. The van der Waals surface area contributed by atoms with Gasteiger partial charge in [0.15, 0.2) is 0 Å². The summed E-state index contributed by atoms with van der Waals surface area (Å²) in [6, 6.07) is 0. The van der Waals surface area contributed by atoms with Crippen molar-refractivity contribution in [3.05, 3.63) is 0 Å². The van der Waals surface area contributed by atoms with Crippen molar-refractivity contribution in [3.8, 4) is 0 Å². The Morgan fingerprint density at radius 3 is 2.29 bits per heavy atom. The number of amides is 1. The van der Waals surface area contributed by atoms with Crippen molar-refractivity contribution >= 4 is 16.1 Å². The van der Waals surface area contributed by atoms with Crippen molar-refractivity contribution in [2.45, 2.75) is 31.8 Å². The number of hydrogen-bond acceptors (Lipinski definition) is 4. The SMILES string of the molecule is NC(=O)C(O)CNS(=O)(=O)N1CCCCCC1. The van der Waals surface area contributed by atoms with Crippen LogP contribution in [0.1, 0.15) is 25.7 Å². The van der Waals surface area contributed by atoms with E-state index in [0.717, 1.165) is 25.7 Å². The van der Waals surface area contributed by atoms with Crippen LogP contribution < -0.4 is 10.5 Å². The molecule has 100 valence electrons. The smallest absolute Gasteiger partial charge is 0.279 e. The molecule has 1 rings (SSSR count). The highest BCUT2D eigenvalue weighted by atomic mass is 32.2. The van der Waals surface area contributed by atoms with Gasteiger partial charge in [-0.1, -0.05) is 12.8 Å². The maximum atomic E-state index is 11.8. The van der Waals surface area contributed by atoms with Crippen LogP contribution in [0.15, 0.2) is 0 Å². The van der Waals surface area contributed by atoms with E-state index in [1.165, 1.54) is 4.31 Å². The quantitative estimate of drug-likeness (QED) is 0.564. The van der Waals surface area contributed by atoms with E-state index in [1.54, 1.807) is 0 Å². The van der Waals surface area contributed by atoms with E-state index in [0.29, 0.717) is 13.1 Å². The van der Waals surface area contributed by atoms with Gasteiger partial charge in [-0.25, -0.2) is 0 Å². The lowest BCUT2D eigenvalue weighted by molar-refractivity contribution is -0.125. The van der Waals surface area contributed by atoms with Crippen LogP contribution in [-0.2, 0) is 15.0 Å². The molecule has 0 radical (unpaired) electrons. The zero-order chi connectivity index (χ0) is 12.9. The van der Waals surface area contributed by atoms with Gasteiger partial charge in [-0.05, 0) is 12.8 Å². The van der Waals surface area contributed by atoms with E-state index >= 15 is 0 Å². The molecule has 1 saturated heterocycles. The van der Waals surface area contributed by atoms with Gasteiger partial charge in [0, 0.05) is 19.6 Å². The first kappa shape index (κ1) is 14.4. The van der Waals surface area contributed by atoms with E-state index in [1.807, 2.05) is 0 Å². The first-order valence-corrected chi connectivity index (χ1v) is 7.09. The Morgan fingerprint density at radius 2 is 1.82 bits per heavy atom. The summed E-state index contributed by atoms with van der Waals surface area (Å²) in [6.07, 6.45) is 2.22. The topological polar surface area (TPSA) is 113 Å². The second kappa shape index (κ2) is 6.29. The molecule has 1 amide bonds. The molecule has 0 spiro atoms. The average Bonchev–Trinajstić information content (AvgIpc) is 2.54. The highest BCUT2D eigenvalue weighted by Gasteiger charge is 2.24. The van der Waals surface area contributed by atoms with Crippen LogP contribution in [0.25, 0.3) is 0 Å². The van der Waals surface area contributed by atoms with Gasteiger partial charge in [0.05, 0.1) is 0 Å². The molecule has 8 heteroatoms. The number of nitrogens with zero attached hydrogens (tertiary/aromatic N) is 1. The molecule has 1 aliphatic heterocycles. The Labute approximate surface area is 101 Å². The number of aliphatic hydroxyl groups excluding tert-OH is 1. The Hall–Kier alpha value is -0.700. The molecule has 0 bridgehead atoms. The second-order valence-corrected chi connectivity index (χ2v) is 5.84. The van der Waals surface area contributed by atoms with Crippen LogP contribution in [0.4, 0.5) is 0 Å². The molecule has 0 aromatic heterocycles. The van der Waals surface area contributed by atoms with Crippen molar-refractivity contribution in [2.75, 3.05) is 19.6 Å². The van der Waals surface area contributed by atoms with Gasteiger partial charge < -0.3 is 10.8 Å². The fourth-order valence-corrected chi connectivity index (χ4v) is 2.95. The molecular formula is C9H19N3O4S. The molecular weight excluding hydrogens is 246 g/mol. The van der Waals surface area contributed by atoms with Crippen molar-refractivity contribution in [3.63, 3.8) is 0 Å². The van der Waals surface area contributed by atoms with E-state index in [2.05, 4.69) is 4.72 Å². The molecule has 0 aromatic carbocycles. The highest BCUT2D eigenvalue weighted by molar-refractivity contribution is 7.87. The number of hydrogen-bond donors (Lipinski definition) is 3. The van der Waals surface area contributed by atoms with E-state index in [4.69, 9.17) is 10.8 Å². The van der Waals surface area contributed by atoms with Gasteiger partial charge in [0.25, 0.3) is 10.2 Å². The number of aliphatic hydroxyl groups is 1. The number of nitrogens with one attached hydrogen (secondary N) is 1. The number of carbonyl (C=O) groups is 1. The fourth-order valence-electron chi connectivity index (χ4n) is 1.66. The van der Waals surface area contributed by atoms with Crippen LogP contribution >= 0.6 is 0 Å². The molecule has 0 aromatic rings. The number of nitrogens with two attached hydrogens (primary N) is 1. The lowest BCUT2D eigenvalue weighted by Crippen LogP contribution is -2.46. The molecule has 0 saturated carbocycles. The Bertz CT molecular complexity index is 349. The van der Waals surface area contributed by atoms with Crippen molar-refractivity contribution in [2.24, 2.45) is 5.73 Å². The lowest BCUT2D eigenvalue weighted by atomic mass is 10.2. The standard InChI is InChI=1S/C9H19N3O4S/c10-9(14)8(13)7-11-17(15,16)12-5-3-1-2-4-6-12/h8,11,13H,1-7H2,(H2,10,14). The van der Waals surface area contributed by atoms with Crippen LogP contribution in [0, 0.1) is 0 Å². The summed E-state index contributed by atoms with van der Waals surface area (Å²) in [5.41, 5.74) is 4.83. The maximum Gasteiger partial charge on any atom is 0.279 e. The van der Waals surface area contributed by atoms with Gasteiger partial charge in [-0.3, -0.25) is 4.79 Å². The molecule has 1 heterocycles. The molecule has 0 aliphatic carbocycles. The molecule has 7 nitrogen and oxygen atoms in total. The van der Waals surface area contributed by atoms with E-state index in [-0.39, 0.29) is 6.54 Å². The summed E-state index contributed by atoms with van der Waals surface area (Å²) >= 11 is 0. The van der Waals surface area contributed by atoms with Crippen molar-refractivity contribution in [1.82, 2.24) is 9.03 Å². The van der Waals surface area contributed by atoms with Gasteiger partial charge in [0.1, 0.15) is 6.10 Å². The molecule has 17 heavy (non-hydrogen) atoms. The summed E-state index contributed by atoms with van der Waals surface area (Å²) in [7, 11) is -3.62. The highest BCUT2D eigenvalue weighted by Crippen LogP contribution is 2.12. The molecule has 1 unspecified atom stereocenters. The molecule has 1 atom stereocenters. The van der Waals surface area contributed by atoms with Gasteiger partial charge in [-0.15, -0.1) is 0 Å². The Balaban J connectivity index is 2.52. The predicted octanol–water partition coefficient (Wildman–Crippen LogP) is -1.46. The number of carbonyl (C=O) groups excluding carboxylic acids is 1. The van der Waals surface area contributed by atoms with Crippen molar-refractivity contribution < 1.29 is 18.3 Å². The second-order valence-electron chi connectivity index (χ2n) is 4.08. The van der Waals surface area contributed by atoms with E-state index in [9.17, 15) is 13.2 Å². The minimum absolute atomic E-state index is 0.381. The number of rotatable bonds is 5. The summed E-state index contributed by atoms with van der Waals surface area (Å²) in [5.74, 6) is -0.941. The van der Waals surface area contributed by atoms with Gasteiger partial charge >= 0.3 is 0 Å². The fraction of sp³-hybridized carbons (Fsp3) is 0.889. The lowest BCUT2D eigenvalue weighted by Gasteiger charge is -2.20. The molecule has 4 N–H and O–H groups in total. The normalized spacial score (nSPS) is 20.8. The average molecular weight is 265 g/mol. The van der Waals surface area contributed by atoms with E-state index < -0.39 is 22.2 Å². The summed E-state index contributed by atoms with van der Waals surface area (Å²) in [5, 5.41) is 9.12. The monoisotopic (exact) mass is 265 g/mol. The first-order chi connectivity index (χ1) is 7.93. The molecule has 1 aliphatic rings. The third-order valence-electron chi connectivity index (χ3n) is 2.69. The Morgan fingerprint density at radius 1 is 1.29 bits per heavy atom. The van der Waals surface area contributed by atoms with Gasteiger partial charge in [-0.2, -0.15) is 17.4 Å². The summed E-state index contributed by atoms with van der Waals surface area (Å²) < 4.78 is 27.2. The third kappa shape index (κ3) is 4.58. The first-order valence-electron chi connectivity index (χ1n) is 5.65.